The molecular weight excluding hydrogens is 310 g/mol. The molecule has 2 aromatic heterocycles. The molecule has 1 fully saturated rings. The smallest absolute Gasteiger partial charge is 0.303 e. The minimum atomic E-state index is -1.22. The van der Waals surface area contributed by atoms with Crippen molar-refractivity contribution >= 4 is 23.1 Å². The number of carboxylic acids is 1. The van der Waals surface area contributed by atoms with Crippen LogP contribution in [0, 0.1) is 5.92 Å². The normalized spacial score (nSPS) is 27.6. The van der Waals surface area contributed by atoms with E-state index in [1.54, 1.807) is 0 Å². The predicted octanol–water partition coefficient (Wildman–Crippen LogP) is -1.96. The van der Waals surface area contributed by atoms with Gasteiger partial charge in [-0.3, -0.25) is 19.1 Å². The number of hydrogen-bond donors (Lipinski definition) is 5. The second-order valence-electron chi connectivity index (χ2n) is 5.28. The lowest BCUT2D eigenvalue weighted by Gasteiger charge is -2.17. The van der Waals surface area contributed by atoms with Crippen LogP contribution in [0.2, 0.25) is 0 Å². The van der Waals surface area contributed by atoms with Crippen LogP contribution in [0.5, 0.6) is 0 Å². The molecular formula is C12H15N5O6. The minimum absolute atomic E-state index is 0.0113. The maximum absolute atomic E-state index is 11.8. The van der Waals surface area contributed by atoms with Crippen molar-refractivity contribution < 1.29 is 24.9 Å². The van der Waals surface area contributed by atoms with Crippen LogP contribution < -0.4 is 11.3 Å². The van der Waals surface area contributed by atoms with E-state index in [9.17, 15) is 19.8 Å². The van der Waals surface area contributed by atoms with Crippen molar-refractivity contribution in [3.05, 3.63) is 16.7 Å². The molecule has 0 aromatic carbocycles. The lowest BCUT2D eigenvalue weighted by molar-refractivity contribution is -0.139. The summed E-state index contributed by atoms with van der Waals surface area (Å²) in [4.78, 5) is 32.9. The number of aliphatic hydroxyl groups is 2. The van der Waals surface area contributed by atoms with Gasteiger partial charge in [-0.15, -0.1) is 0 Å². The van der Waals surface area contributed by atoms with Gasteiger partial charge in [0.15, 0.2) is 17.4 Å². The summed E-state index contributed by atoms with van der Waals surface area (Å²) < 4.78 is 6.84. The number of carboxylic acid groups (broad SMARTS) is 1. The summed E-state index contributed by atoms with van der Waals surface area (Å²) in [5, 5.41) is 28.6. The van der Waals surface area contributed by atoms with Crippen molar-refractivity contribution in [1.82, 2.24) is 19.5 Å². The third kappa shape index (κ3) is 2.54. The fourth-order valence-electron chi connectivity index (χ4n) is 2.78. The number of nitrogens with two attached hydrogens (primary N) is 1. The number of aromatic nitrogens is 4. The molecule has 2 aromatic rings. The number of aromatic amines is 1. The molecule has 23 heavy (non-hydrogen) atoms. The molecule has 0 unspecified atom stereocenters. The van der Waals surface area contributed by atoms with E-state index in [2.05, 4.69) is 15.0 Å². The number of anilines is 1. The van der Waals surface area contributed by atoms with Crippen molar-refractivity contribution in [2.45, 2.75) is 24.9 Å². The molecule has 11 nitrogen and oxygen atoms in total. The Morgan fingerprint density at radius 3 is 2.91 bits per heavy atom. The molecule has 3 heterocycles. The highest BCUT2D eigenvalue weighted by Gasteiger charge is 2.45. The second kappa shape index (κ2) is 5.61. The van der Waals surface area contributed by atoms with E-state index in [0.29, 0.717) is 0 Å². The number of aliphatic hydroxyl groups excluding tert-OH is 2. The fourth-order valence-corrected chi connectivity index (χ4v) is 2.78. The molecule has 0 aliphatic carbocycles. The number of nitrogens with zero attached hydrogens (tertiary/aromatic N) is 3. The van der Waals surface area contributed by atoms with Gasteiger partial charge in [0.1, 0.15) is 6.10 Å². The lowest BCUT2D eigenvalue weighted by atomic mass is 9.94. The van der Waals surface area contributed by atoms with Crippen LogP contribution >= 0.6 is 0 Å². The van der Waals surface area contributed by atoms with Crippen molar-refractivity contribution in [1.29, 1.82) is 0 Å². The largest absolute Gasteiger partial charge is 0.481 e. The molecule has 11 heteroatoms. The summed E-state index contributed by atoms with van der Waals surface area (Å²) in [7, 11) is 0. The molecule has 1 aliphatic heterocycles. The van der Waals surface area contributed by atoms with Crippen LogP contribution in [0.15, 0.2) is 11.1 Å². The maximum atomic E-state index is 11.8. The summed E-state index contributed by atoms with van der Waals surface area (Å²) in [5.74, 6) is -2.05. The maximum Gasteiger partial charge on any atom is 0.303 e. The van der Waals surface area contributed by atoms with Gasteiger partial charge in [0.2, 0.25) is 5.95 Å². The Labute approximate surface area is 128 Å². The van der Waals surface area contributed by atoms with E-state index < -0.39 is 42.5 Å². The highest BCUT2D eigenvalue weighted by molar-refractivity contribution is 5.70. The number of aliphatic carboxylic acids is 1. The zero-order chi connectivity index (χ0) is 16.7. The first-order valence-corrected chi connectivity index (χ1v) is 6.81. The summed E-state index contributed by atoms with van der Waals surface area (Å²) in [5.41, 5.74) is 5.07. The fraction of sp³-hybridized carbons (Fsp3) is 0.500. The molecule has 124 valence electrons. The third-order valence-electron chi connectivity index (χ3n) is 3.84. The van der Waals surface area contributed by atoms with Gasteiger partial charge in [0.25, 0.3) is 5.56 Å². The highest BCUT2D eigenvalue weighted by Crippen LogP contribution is 2.36. The minimum Gasteiger partial charge on any atom is -0.481 e. The number of hydrogen-bond acceptors (Lipinski definition) is 8. The Morgan fingerprint density at radius 1 is 1.52 bits per heavy atom. The lowest BCUT2D eigenvalue weighted by Crippen LogP contribution is -2.30. The topological polar surface area (TPSA) is 177 Å². The van der Waals surface area contributed by atoms with Crippen molar-refractivity contribution in [2.24, 2.45) is 5.92 Å². The number of nitrogen functional groups attached to an aromatic ring is 1. The Balaban J connectivity index is 2.02. The highest BCUT2D eigenvalue weighted by atomic mass is 16.5. The number of nitrogens with one attached hydrogen (secondary N) is 1. The van der Waals surface area contributed by atoms with Crippen molar-refractivity contribution in [3.8, 4) is 0 Å². The number of ether oxygens (including phenoxy) is 1. The Hall–Kier alpha value is -2.50. The second-order valence-corrected chi connectivity index (χ2v) is 5.28. The summed E-state index contributed by atoms with van der Waals surface area (Å²) in [6.45, 7) is -0.450. The SMILES string of the molecule is Nc1nc2c(ncn2[C@@H]2O[C@H](CO)[C@@H](CC(=O)O)[C@H]2O)c(=O)[nH]1. The first-order chi connectivity index (χ1) is 10.9. The zero-order valence-corrected chi connectivity index (χ0v) is 11.8. The van der Waals surface area contributed by atoms with Crippen LogP contribution in [0.3, 0.4) is 0 Å². The standard InChI is InChI=1S/C12H15N5O6/c13-12-15-9-7(10(22)16-12)14-3-17(9)11-8(21)4(1-6(19)20)5(2-18)23-11/h3-5,8,11,18,21H,1-2H2,(H,19,20)(H3,13,15,16,22)/t4-,5-,8-,11-/m1/s1. The van der Waals surface area contributed by atoms with E-state index in [4.69, 9.17) is 15.6 Å². The average Bonchev–Trinajstić information content (AvgIpc) is 3.01. The first-order valence-electron chi connectivity index (χ1n) is 6.81. The van der Waals surface area contributed by atoms with Gasteiger partial charge < -0.3 is 25.8 Å². The van der Waals surface area contributed by atoms with Gasteiger partial charge in [-0.1, -0.05) is 0 Å². The van der Waals surface area contributed by atoms with E-state index in [0.717, 1.165) is 0 Å². The van der Waals surface area contributed by atoms with Gasteiger partial charge in [-0.05, 0) is 0 Å². The number of rotatable bonds is 4. The molecule has 1 saturated heterocycles. The van der Waals surface area contributed by atoms with E-state index in [-0.39, 0.29) is 23.5 Å². The van der Waals surface area contributed by atoms with Crippen LogP contribution in [0.4, 0.5) is 5.95 Å². The van der Waals surface area contributed by atoms with Gasteiger partial charge >= 0.3 is 5.97 Å². The molecule has 3 rings (SSSR count). The number of H-pyrrole nitrogens is 1. The van der Waals surface area contributed by atoms with Crippen molar-refractivity contribution in [3.63, 3.8) is 0 Å². The third-order valence-corrected chi connectivity index (χ3v) is 3.84. The molecule has 4 atom stereocenters. The predicted molar refractivity (Wildman–Crippen MR) is 75.3 cm³/mol. The number of carbonyl (C=O) groups is 1. The van der Waals surface area contributed by atoms with E-state index in [1.165, 1.54) is 10.9 Å². The Kier molecular flexibility index (Phi) is 3.75. The molecule has 0 amide bonds. The monoisotopic (exact) mass is 325 g/mol. The van der Waals surface area contributed by atoms with Crippen LogP contribution in [-0.4, -0.2) is 59.6 Å². The molecule has 0 bridgehead atoms. The van der Waals surface area contributed by atoms with Gasteiger partial charge in [0.05, 0.1) is 25.5 Å². The van der Waals surface area contributed by atoms with Crippen molar-refractivity contribution in [2.75, 3.05) is 12.3 Å². The van der Waals surface area contributed by atoms with E-state index >= 15 is 0 Å². The van der Waals surface area contributed by atoms with Gasteiger partial charge in [-0.25, -0.2) is 4.98 Å². The molecule has 0 radical (unpaired) electrons. The Bertz CT molecular complexity index is 801. The zero-order valence-electron chi connectivity index (χ0n) is 11.8. The molecule has 0 spiro atoms. The first kappa shape index (κ1) is 15.4. The summed E-state index contributed by atoms with van der Waals surface area (Å²) >= 11 is 0. The van der Waals surface area contributed by atoms with Gasteiger partial charge in [0, 0.05) is 5.92 Å². The molecule has 0 saturated carbocycles. The van der Waals surface area contributed by atoms with Gasteiger partial charge in [-0.2, -0.15) is 4.98 Å². The average molecular weight is 325 g/mol. The van der Waals surface area contributed by atoms with Crippen LogP contribution in [-0.2, 0) is 9.53 Å². The molecule has 6 N–H and O–H groups in total. The molecule has 1 aliphatic rings. The number of imidazole rings is 1. The quantitative estimate of drug-likeness (QED) is 0.427. The number of fused-ring (bicyclic) bond motifs is 1. The van der Waals surface area contributed by atoms with Crippen LogP contribution in [0.1, 0.15) is 12.6 Å². The Morgan fingerprint density at radius 2 is 2.26 bits per heavy atom. The van der Waals surface area contributed by atoms with E-state index in [1.807, 2.05) is 0 Å². The summed E-state index contributed by atoms with van der Waals surface area (Å²) in [6, 6.07) is 0. The van der Waals surface area contributed by atoms with Crippen LogP contribution in [0.25, 0.3) is 11.2 Å². The summed E-state index contributed by atoms with van der Waals surface area (Å²) in [6.07, 6.45) is -2.23.